The molecule has 0 radical (unpaired) electrons. The normalized spacial score (nSPS) is 16.0. The fourth-order valence-corrected chi connectivity index (χ4v) is 2.38. The molecule has 1 aliphatic rings. The lowest BCUT2D eigenvalue weighted by atomic mass is 10.0. The van der Waals surface area contributed by atoms with Gasteiger partial charge in [0, 0.05) is 12.2 Å². The molecule has 152 valence electrons. The van der Waals surface area contributed by atoms with E-state index in [0.717, 1.165) is 0 Å². The molecule has 1 aromatic heterocycles. The van der Waals surface area contributed by atoms with Crippen molar-refractivity contribution in [2.75, 3.05) is 13.2 Å². The van der Waals surface area contributed by atoms with Crippen LogP contribution in [0.4, 0.5) is 31.1 Å². The van der Waals surface area contributed by atoms with Crippen LogP contribution in [0.15, 0.2) is 6.07 Å². The molecule has 1 fully saturated rings. The van der Waals surface area contributed by atoms with Crippen LogP contribution >= 0.6 is 0 Å². The summed E-state index contributed by atoms with van der Waals surface area (Å²) in [4.78, 5) is 19.1. The topological polar surface area (TPSA) is 76.1 Å². The van der Waals surface area contributed by atoms with E-state index in [0.29, 0.717) is 5.69 Å². The minimum absolute atomic E-state index is 0.0563. The van der Waals surface area contributed by atoms with Crippen molar-refractivity contribution < 1.29 is 35.9 Å². The summed E-state index contributed by atoms with van der Waals surface area (Å²) < 4.78 is 79.3. The largest absolute Gasteiger partial charge is 0.454 e. The number of halogens is 6. The minimum atomic E-state index is -4.54. The average Bonchev–Trinajstić information content (AvgIpc) is 3.31. The summed E-state index contributed by atoms with van der Waals surface area (Å²) in [5.74, 6) is 0. The first-order valence-corrected chi connectivity index (χ1v) is 8.03. The van der Waals surface area contributed by atoms with Gasteiger partial charge in [-0.1, -0.05) is 0 Å². The van der Waals surface area contributed by atoms with Crippen LogP contribution in [0, 0.1) is 12.3 Å². The van der Waals surface area contributed by atoms with Gasteiger partial charge in [0.25, 0.3) is 0 Å². The van der Waals surface area contributed by atoms with Crippen molar-refractivity contribution in [3.8, 4) is 6.01 Å². The van der Waals surface area contributed by atoms with Gasteiger partial charge >= 0.3 is 24.4 Å². The van der Waals surface area contributed by atoms with Crippen molar-refractivity contribution >= 4 is 6.03 Å². The molecule has 0 saturated heterocycles. The standard InChI is InChI=1S/C15H18F6N4O2/c1-9-6-10(25-12(24-9)27-8-14(16,17)18)7-23-11(26)22-5-4-13(2-3-13)15(19,20)21/h6H,2-5,7-8H2,1H3,(H2,22,23,26). The van der Waals surface area contributed by atoms with Gasteiger partial charge in [0.2, 0.25) is 0 Å². The van der Waals surface area contributed by atoms with Gasteiger partial charge in [-0.2, -0.15) is 31.3 Å². The SMILES string of the molecule is Cc1cc(CNC(=O)NCCC2(C(F)(F)F)CC2)nc(OCC(F)(F)F)n1. The number of amides is 2. The van der Waals surface area contributed by atoms with Crippen molar-refractivity contribution in [2.24, 2.45) is 5.41 Å². The summed E-state index contributed by atoms with van der Waals surface area (Å²) in [5, 5.41) is 4.69. The first kappa shape index (κ1) is 21.0. The molecule has 2 amide bonds. The number of ether oxygens (including phenoxy) is 1. The van der Waals surface area contributed by atoms with E-state index in [4.69, 9.17) is 0 Å². The number of alkyl halides is 6. The van der Waals surface area contributed by atoms with Crippen LogP contribution in [-0.4, -0.2) is 41.5 Å². The lowest BCUT2D eigenvalue weighted by Gasteiger charge is -2.19. The minimum Gasteiger partial charge on any atom is -0.454 e. The molecule has 2 rings (SSSR count). The van der Waals surface area contributed by atoms with Crippen molar-refractivity contribution in [1.82, 2.24) is 20.6 Å². The molecule has 1 aliphatic carbocycles. The van der Waals surface area contributed by atoms with Gasteiger partial charge in [0.15, 0.2) is 6.61 Å². The van der Waals surface area contributed by atoms with Crippen LogP contribution in [0.5, 0.6) is 6.01 Å². The van der Waals surface area contributed by atoms with E-state index in [1.54, 1.807) is 0 Å². The highest BCUT2D eigenvalue weighted by atomic mass is 19.4. The maximum absolute atomic E-state index is 12.8. The maximum Gasteiger partial charge on any atom is 0.422 e. The quantitative estimate of drug-likeness (QED) is 0.689. The molecule has 12 heteroatoms. The Morgan fingerprint density at radius 2 is 1.85 bits per heavy atom. The van der Waals surface area contributed by atoms with E-state index in [1.165, 1.54) is 13.0 Å². The Balaban J connectivity index is 1.78. The fraction of sp³-hybridized carbons (Fsp3) is 0.667. The zero-order chi connectivity index (χ0) is 20.3. The summed E-state index contributed by atoms with van der Waals surface area (Å²) in [7, 11) is 0. The van der Waals surface area contributed by atoms with Gasteiger partial charge in [-0.25, -0.2) is 9.78 Å². The number of carbonyl (C=O) groups is 1. The predicted octanol–water partition coefficient (Wildman–Crippen LogP) is 3.26. The Kier molecular flexibility index (Phi) is 6.05. The summed E-state index contributed by atoms with van der Waals surface area (Å²) in [6.07, 6.45) is -8.91. The highest BCUT2D eigenvalue weighted by Crippen LogP contribution is 2.59. The second-order valence-corrected chi connectivity index (χ2v) is 6.32. The van der Waals surface area contributed by atoms with Crippen molar-refractivity contribution in [3.63, 3.8) is 0 Å². The van der Waals surface area contributed by atoms with Crippen molar-refractivity contribution in [2.45, 2.75) is 45.1 Å². The van der Waals surface area contributed by atoms with Gasteiger partial charge in [-0.3, -0.25) is 0 Å². The Bertz CT molecular complexity index is 673. The monoisotopic (exact) mass is 400 g/mol. The highest BCUT2D eigenvalue weighted by Gasteiger charge is 2.62. The number of urea groups is 1. The smallest absolute Gasteiger partial charge is 0.422 e. The lowest BCUT2D eigenvalue weighted by Crippen LogP contribution is -2.38. The molecule has 1 saturated carbocycles. The number of rotatable bonds is 7. The van der Waals surface area contributed by atoms with E-state index in [9.17, 15) is 31.1 Å². The second-order valence-electron chi connectivity index (χ2n) is 6.32. The molecular formula is C15H18F6N4O2. The molecule has 1 aromatic rings. The molecule has 1 heterocycles. The summed E-state index contributed by atoms with van der Waals surface area (Å²) in [6, 6.07) is 0.246. The van der Waals surface area contributed by atoms with Crippen molar-refractivity contribution in [1.29, 1.82) is 0 Å². The van der Waals surface area contributed by atoms with Gasteiger partial charge in [0.05, 0.1) is 17.7 Å². The molecule has 27 heavy (non-hydrogen) atoms. The zero-order valence-electron chi connectivity index (χ0n) is 14.3. The van der Waals surface area contributed by atoms with Crippen LogP contribution < -0.4 is 15.4 Å². The number of nitrogens with zero attached hydrogens (tertiary/aromatic N) is 2. The summed E-state index contributed by atoms with van der Waals surface area (Å²) in [5.41, 5.74) is -1.17. The molecule has 0 unspecified atom stereocenters. The van der Waals surface area contributed by atoms with Gasteiger partial charge in [-0.05, 0) is 32.3 Å². The number of hydrogen-bond donors (Lipinski definition) is 2. The Morgan fingerprint density at radius 1 is 1.19 bits per heavy atom. The number of nitrogens with one attached hydrogen (secondary N) is 2. The van der Waals surface area contributed by atoms with Gasteiger partial charge in [0.1, 0.15) is 0 Å². The molecule has 6 nitrogen and oxygen atoms in total. The van der Waals surface area contributed by atoms with Crippen LogP contribution in [0.25, 0.3) is 0 Å². The maximum atomic E-state index is 12.8. The number of aryl methyl sites for hydroxylation is 1. The van der Waals surface area contributed by atoms with Crippen LogP contribution in [-0.2, 0) is 6.54 Å². The van der Waals surface area contributed by atoms with Crippen LogP contribution in [0.2, 0.25) is 0 Å². The second kappa shape index (κ2) is 7.77. The zero-order valence-corrected chi connectivity index (χ0v) is 14.3. The van der Waals surface area contributed by atoms with E-state index in [1.807, 2.05) is 0 Å². The number of aromatic nitrogens is 2. The van der Waals surface area contributed by atoms with Crippen LogP contribution in [0.1, 0.15) is 30.7 Å². The fourth-order valence-electron chi connectivity index (χ4n) is 2.38. The first-order chi connectivity index (χ1) is 12.4. The molecule has 2 N–H and O–H groups in total. The first-order valence-electron chi connectivity index (χ1n) is 8.03. The Labute approximate surface area is 150 Å². The third kappa shape index (κ3) is 6.43. The van der Waals surface area contributed by atoms with Gasteiger partial charge in [-0.15, -0.1) is 0 Å². The van der Waals surface area contributed by atoms with E-state index >= 15 is 0 Å². The molecule has 0 aliphatic heterocycles. The molecule has 0 aromatic carbocycles. The van der Waals surface area contributed by atoms with E-state index in [-0.39, 0.29) is 38.0 Å². The van der Waals surface area contributed by atoms with E-state index in [2.05, 4.69) is 25.3 Å². The number of hydrogen-bond acceptors (Lipinski definition) is 4. The molecule has 0 bridgehead atoms. The molecule has 0 atom stereocenters. The number of carbonyl (C=O) groups excluding carboxylic acids is 1. The van der Waals surface area contributed by atoms with Crippen LogP contribution in [0.3, 0.4) is 0 Å². The summed E-state index contributed by atoms with van der Waals surface area (Å²) in [6.45, 7) is -0.335. The predicted molar refractivity (Wildman–Crippen MR) is 80.9 cm³/mol. The summed E-state index contributed by atoms with van der Waals surface area (Å²) >= 11 is 0. The van der Waals surface area contributed by atoms with Gasteiger partial charge < -0.3 is 15.4 Å². The Hall–Kier alpha value is -2.27. The third-order valence-electron chi connectivity index (χ3n) is 4.03. The third-order valence-corrected chi connectivity index (χ3v) is 4.03. The molecular weight excluding hydrogens is 382 g/mol. The molecule has 0 spiro atoms. The lowest BCUT2D eigenvalue weighted by molar-refractivity contribution is -0.188. The highest BCUT2D eigenvalue weighted by molar-refractivity contribution is 5.73. The van der Waals surface area contributed by atoms with Crippen molar-refractivity contribution in [3.05, 3.63) is 17.5 Å². The Morgan fingerprint density at radius 3 is 2.41 bits per heavy atom. The van der Waals surface area contributed by atoms with E-state index < -0.39 is 36.4 Å². The average molecular weight is 400 g/mol.